The Morgan fingerprint density at radius 1 is 1.33 bits per heavy atom. The highest BCUT2D eigenvalue weighted by Crippen LogP contribution is 2.16. The fraction of sp³-hybridized carbons (Fsp3) is 0.417. The third-order valence-corrected chi connectivity index (χ3v) is 3.40. The Balaban J connectivity index is 2.49. The Kier molecular flexibility index (Phi) is 5.73. The Labute approximate surface area is 120 Å². The van der Waals surface area contributed by atoms with Crippen LogP contribution in [0, 0.1) is 0 Å². The predicted molar refractivity (Wildman–Crippen MR) is 69.7 cm³/mol. The minimum Gasteiger partial charge on any atom is -0.372 e. The molecule has 0 aromatic heterocycles. The molecule has 0 atom stereocenters. The molecule has 1 N–H and O–H groups in total. The molecule has 1 rings (SSSR count). The number of rotatable bonds is 6. The summed E-state index contributed by atoms with van der Waals surface area (Å²) in [5.74, 6) is -0.567. The lowest BCUT2D eigenvalue weighted by molar-refractivity contribution is -0.174. The molecule has 1 aromatic carbocycles. The maximum Gasteiger partial charge on any atom is 0.411 e. The molecule has 1 amide bonds. The van der Waals surface area contributed by atoms with E-state index in [9.17, 15) is 26.4 Å². The number of halogens is 3. The van der Waals surface area contributed by atoms with Gasteiger partial charge >= 0.3 is 6.18 Å². The predicted octanol–water partition coefficient (Wildman–Crippen LogP) is 2.00. The van der Waals surface area contributed by atoms with Crippen LogP contribution in [-0.2, 0) is 19.4 Å². The lowest BCUT2D eigenvalue weighted by Crippen LogP contribution is -2.20. The lowest BCUT2D eigenvalue weighted by atomic mass is 10.3. The molecule has 118 valence electrons. The van der Waals surface area contributed by atoms with Crippen molar-refractivity contribution < 1.29 is 31.1 Å². The zero-order valence-corrected chi connectivity index (χ0v) is 11.9. The molecular weight excluding hydrogens is 311 g/mol. The van der Waals surface area contributed by atoms with Crippen molar-refractivity contribution in [2.45, 2.75) is 17.5 Å². The molecule has 0 heterocycles. The summed E-state index contributed by atoms with van der Waals surface area (Å²) in [7, 11) is -3.40. The summed E-state index contributed by atoms with van der Waals surface area (Å²) >= 11 is 0. The number of hydrogen-bond donors (Lipinski definition) is 1. The molecule has 0 bridgehead atoms. The largest absolute Gasteiger partial charge is 0.411 e. The van der Waals surface area contributed by atoms with Crippen molar-refractivity contribution in [2.24, 2.45) is 0 Å². The molecule has 0 radical (unpaired) electrons. The number of alkyl halides is 3. The highest BCUT2D eigenvalue weighted by Gasteiger charge is 2.27. The van der Waals surface area contributed by atoms with Gasteiger partial charge in [-0.1, -0.05) is 6.07 Å². The van der Waals surface area contributed by atoms with Gasteiger partial charge < -0.3 is 10.1 Å². The first-order valence-corrected chi connectivity index (χ1v) is 7.71. The molecule has 0 unspecified atom stereocenters. The van der Waals surface area contributed by atoms with E-state index in [1.807, 2.05) is 0 Å². The normalized spacial score (nSPS) is 12.2. The van der Waals surface area contributed by atoms with Gasteiger partial charge in [0, 0.05) is 11.9 Å². The number of sulfone groups is 1. The van der Waals surface area contributed by atoms with Crippen molar-refractivity contribution in [3.8, 4) is 0 Å². The van der Waals surface area contributed by atoms with Gasteiger partial charge in [-0.25, -0.2) is 8.42 Å². The second-order valence-corrected chi connectivity index (χ2v) is 6.28. The average molecular weight is 325 g/mol. The second kappa shape index (κ2) is 6.90. The lowest BCUT2D eigenvalue weighted by Gasteiger charge is -2.08. The summed E-state index contributed by atoms with van der Waals surface area (Å²) < 4.78 is 62.4. The van der Waals surface area contributed by atoms with Gasteiger partial charge in [0.15, 0.2) is 9.84 Å². The first-order chi connectivity index (χ1) is 9.58. The molecule has 9 heteroatoms. The van der Waals surface area contributed by atoms with E-state index in [1.165, 1.54) is 24.3 Å². The molecule has 0 aliphatic rings. The molecule has 0 aliphatic carbocycles. The van der Waals surface area contributed by atoms with Crippen molar-refractivity contribution in [3.05, 3.63) is 24.3 Å². The minimum atomic E-state index is -4.43. The fourth-order valence-electron chi connectivity index (χ4n) is 1.38. The molecule has 0 spiro atoms. The Hall–Kier alpha value is -1.61. The fourth-order valence-corrected chi connectivity index (χ4v) is 2.05. The van der Waals surface area contributed by atoms with Crippen LogP contribution in [0.15, 0.2) is 29.2 Å². The van der Waals surface area contributed by atoms with Gasteiger partial charge in [-0.3, -0.25) is 4.79 Å². The zero-order valence-electron chi connectivity index (χ0n) is 11.1. The molecule has 1 aromatic rings. The van der Waals surface area contributed by atoms with Gasteiger partial charge in [0.05, 0.1) is 17.9 Å². The maximum atomic E-state index is 11.8. The van der Waals surface area contributed by atoms with Gasteiger partial charge in [-0.2, -0.15) is 13.2 Å². The van der Waals surface area contributed by atoms with E-state index in [4.69, 9.17) is 0 Å². The van der Waals surface area contributed by atoms with E-state index in [-0.39, 0.29) is 23.6 Å². The molecule has 0 aliphatic heterocycles. The first-order valence-electron chi connectivity index (χ1n) is 5.82. The van der Waals surface area contributed by atoms with Crippen LogP contribution < -0.4 is 5.32 Å². The number of ether oxygens (including phenoxy) is 1. The van der Waals surface area contributed by atoms with Crippen molar-refractivity contribution >= 4 is 21.4 Å². The van der Waals surface area contributed by atoms with Crippen molar-refractivity contribution in [1.29, 1.82) is 0 Å². The van der Waals surface area contributed by atoms with E-state index in [1.54, 1.807) is 0 Å². The summed E-state index contributed by atoms with van der Waals surface area (Å²) in [4.78, 5) is 11.5. The Morgan fingerprint density at radius 3 is 2.57 bits per heavy atom. The van der Waals surface area contributed by atoms with Crippen molar-refractivity contribution in [2.75, 3.05) is 24.8 Å². The molecule has 0 fully saturated rings. The number of anilines is 1. The highest BCUT2D eigenvalue weighted by molar-refractivity contribution is 7.90. The van der Waals surface area contributed by atoms with E-state index in [2.05, 4.69) is 10.1 Å². The topological polar surface area (TPSA) is 72.5 Å². The van der Waals surface area contributed by atoms with Crippen LogP contribution in [0.25, 0.3) is 0 Å². The SMILES string of the molecule is CS(=O)(=O)c1cccc(NC(=O)CCOCC(F)(F)F)c1. The van der Waals surface area contributed by atoms with Crippen molar-refractivity contribution in [3.63, 3.8) is 0 Å². The summed E-state index contributed by atoms with van der Waals surface area (Å²) in [6.45, 7) is -1.79. The smallest absolute Gasteiger partial charge is 0.372 e. The third-order valence-electron chi connectivity index (χ3n) is 2.29. The van der Waals surface area contributed by atoms with Crippen LogP contribution in [0.5, 0.6) is 0 Å². The van der Waals surface area contributed by atoms with Crippen LogP contribution >= 0.6 is 0 Å². The summed E-state index contributed by atoms with van der Waals surface area (Å²) in [6.07, 6.45) is -3.67. The van der Waals surface area contributed by atoms with Crippen LogP contribution in [0.1, 0.15) is 6.42 Å². The van der Waals surface area contributed by atoms with Crippen LogP contribution in [0.4, 0.5) is 18.9 Å². The molecule has 5 nitrogen and oxygen atoms in total. The minimum absolute atomic E-state index is 0.0358. The van der Waals surface area contributed by atoms with Gasteiger partial charge in [-0.05, 0) is 18.2 Å². The van der Waals surface area contributed by atoms with Gasteiger partial charge in [-0.15, -0.1) is 0 Å². The number of carbonyl (C=O) groups excluding carboxylic acids is 1. The number of hydrogen-bond acceptors (Lipinski definition) is 4. The Bertz CT molecular complexity index is 599. The second-order valence-electron chi connectivity index (χ2n) is 4.27. The summed E-state index contributed by atoms with van der Waals surface area (Å²) in [6, 6.07) is 5.57. The number of benzene rings is 1. The van der Waals surface area contributed by atoms with E-state index < -0.39 is 28.5 Å². The van der Waals surface area contributed by atoms with Gasteiger partial charge in [0.25, 0.3) is 0 Å². The molecular formula is C12H14F3NO4S. The number of nitrogens with one attached hydrogen (secondary N) is 1. The van der Waals surface area contributed by atoms with Gasteiger partial charge in [0.1, 0.15) is 6.61 Å². The standard InChI is InChI=1S/C12H14F3NO4S/c1-21(18,19)10-4-2-3-9(7-10)16-11(17)5-6-20-8-12(13,14)15/h2-4,7H,5-6,8H2,1H3,(H,16,17). The molecule has 0 saturated heterocycles. The van der Waals surface area contributed by atoms with Crippen LogP contribution in [0.3, 0.4) is 0 Å². The van der Waals surface area contributed by atoms with Crippen molar-refractivity contribution in [1.82, 2.24) is 0 Å². The maximum absolute atomic E-state index is 11.8. The first kappa shape index (κ1) is 17.4. The quantitative estimate of drug-likeness (QED) is 0.812. The van der Waals surface area contributed by atoms with E-state index in [0.29, 0.717) is 0 Å². The third kappa shape index (κ3) is 7.09. The van der Waals surface area contributed by atoms with E-state index in [0.717, 1.165) is 6.26 Å². The van der Waals surface area contributed by atoms with E-state index >= 15 is 0 Å². The molecule has 21 heavy (non-hydrogen) atoms. The highest BCUT2D eigenvalue weighted by atomic mass is 32.2. The zero-order chi connectivity index (χ0) is 16.1. The monoisotopic (exact) mass is 325 g/mol. The summed E-state index contributed by atoms with van der Waals surface area (Å²) in [5, 5.41) is 2.39. The Morgan fingerprint density at radius 2 is 2.00 bits per heavy atom. The number of amides is 1. The average Bonchev–Trinajstić information content (AvgIpc) is 2.33. The van der Waals surface area contributed by atoms with Crippen LogP contribution in [-0.4, -0.2) is 40.0 Å². The van der Waals surface area contributed by atoms with Gasteiger partial charge in [0.2, 0.25) is 5.91 Å². The number of carbonyl (C=O) groups is 1. The summed E-state index contributed by atoms with van der Waals surface area (Å²) in [5.41, 5.74) is 0.249. The van der Waals surface area contributed by atoms with Crippen LogP contribution in [0.2, 0.25) is 0 Å². The molecule has 0 saturated carbocycles.